The van der Waals surface area contributed by atoms with Gasteiger partial charge >= 0.3 is 0 Å². The maximum Gasteiger partial charge on any atom is 0.264 e. The van der Waals surface area contributed by atoms with E-state index in [-0.39, 0.29) is 17.1 Å². The molecule has 0 fully saturated rings. The number of nitrogens with one attached hydrogen (secondary N) is 1. The van der Waals surface area contributed by atoms with Crippen LogP contribution in [0.25, 0.3) is 0 Å². The first-order chi connectivity index (χ1) is 18.1. The number of halogens is 2. The summed E-state index contributed by atoms with van der Waals surface area (Å²) in [5, 5.41) is 3.35. The molecule has 1 atom stereocenters. The molecule has 3 rings (SSSR count). The van der Waals surface area contributed by atoms with E-state index in [0.29, 0.717) is 27.9 Å². The Kier molecular flexibility index (Phi) is 10.0. The lowest BCUT2D eigenvalue weighted by atomic mass is 10.1. The predicted molar refractivity (Wildman–Crippen MR) is 149 cm³/mol. The Morgan fingerprint density at radius 2 is 1.55 bits per heavy atom. The third kappa shape index (κ3) is 6.78. The zero-order chi connectivity index (χ0) is 27.9. The molecule has 0 heterocycles. The van der Waals surface area contributed by atoms with E-state index in [1.807, 2.05) is 0 Å². The number of methoxy groups -OCH3 is 1. The average Bonchev–Trinajstić information content (AvgIpc) is 2.91. The minimum Gasteiger partial charge on any atom is -0.497 e. The van der Waals surface area contributed by atoms with Crippen molar-refractivity contribution >= 4 is 50.7 Å². The summed E-state index contributed by atoms with van der Waals surface area (Å²) in [4.78, 5) is 27.9. The molecule has 3 aromatic carbocycles. The smallest absolute Gasteiger partial charge is 0.264 e. The van der Waals surface area contributed by atoms with E-state index < -0.39 is 34.4 Å². The van der Waals surface area contributed by atoms with Crippen LogP contribution < -0.4 is 14.4 Å². The van der Waals surface area contributed by atoms with Crippen LogP contribution in [0.5, 0.6) is 5.75 Å². The first kappa shape index (κ1) is 29.3. The molecule has 0 bridgehead atoms. The van der Waals surface area contributed by atoms with E-state index in [1.54, 1.807) is 74.5 Å². The number of benzene rings is 3. The number of rotatable bonds is 11. The van der Waals surface area contributed by atoms with Crippen molar-refractivity contribution < 1.29 is 22.7 Å². The maximum absolute atomic E-state index is 13.8. The number of likely N-dealkylation sites (N-methyl/N-ethyl adjacent to an activating group) is 1. The van der Waals surface area contributed by atoms with Gasteiger partial charge in [-0.1, -0.05) is 47.5 Å². The molecule has 8 nitrogen and oxygen atoms in total. The summed E-state index contributed by atoms with van der Waals surface area (Å²) in [6.45, 7) is 3.02. The van der Waals surface area contributed by atoms with Crippen LogP contribution in [-0.2, 0) is 26.2 Å². The van der Waals surface area contributed by atoms with Gasteiger partial charge in [-0.15, -0.1) is 0 Å². The van der Waals surface area contributed by atoms with Gasteiger partial charge in [0.1, 0.15) is 18.3 Å². The van der Waals surface area contributed by atoms with Crippen LogP contribution in [0.15, 0.2) is 77.7 Å². The summed E-state index contributed by atoms with van der Waals surface area (Å²) in [5.74, 6) is -0.488. The number of carbonyl (C=O) groups is 2. The summed E-state index contributed by atoms with van der Waals surface area (Å²) in [7, 11) is -2.66. The molecule has 0 radical (unpaired) electrons. The summed E-state index contributed by atoms with van der Waals surface area (Å²) in [5.41, 5.74) is 0.701. The molecule has 38 heavy (non-hydrogen) atoms. The largest absolute Gasteiger partial charge is 0.497 e. The number of carbonyl (C=O) groups excluding carboxylic acids is 2. The molecule has 0 saturated carbocycles. The van der Waals surface area contributed by atoms with Crippen molar-refractivity contribution in [3.63, 3.8) is 0 Å². The second-order valence-electron chi connectivity index (χ2n) is 8.32. The molecule has 0 aromatic heterocycles. The van der Waals surface area contributed by atoms with Crippen LogP contribution in [0.3, 0.4) is 0 Å². The summed E-state index contributed by atoms with van der Waals surface area (Å²) >= 11 is 12.7. The molecule has 1 unspecified atom stereocenters. The zero-order valence-corrected chi connectivity index (χ0v) is 23.6. The molecule has 0 aliphatic rings. The third-order valence-corrected chi connectivity index (χ3v) is 8.38. The first-order valence-corrected chi connectivity index (χ1v) is 14.0. The van der Waals surface area contributed by atoms with Crippen molar-refractivity contribution in [3.05, 3.63) is 88.4 Å². The highest BCUT2D eigenvalue weighted by atomic mass is 35.5. The first-order valence-electron chi connectivity index (χ1n) is 11.8. The molecule has 0 aliphatic heterocycles. The van der Waals surface area contributed by atoms with Crippen LogP contribution in [0, 0.1) is 0 Å². The standard InChI is InChI=1S/C27H29Cl2N3O5S/c1-4-30-27(34)19(2)31(17-23-24(28)11-8-12-25(23)29)26(33)18-32(20-13-15-21(37-3)16-14-20)38(35,36)22-9-6-5-7-10-22/h5-16,19H,4,17-18H2,1-3H3,(H,30,34). The minimum absolute atomic E-state index is 0.0149. The van der Waals surface area contributed by atoms with Crippen LogP contribution >= 0.6 is 23.2 Å². The fourth-order valence-electron chi connectivity index (χ4n) is 3.76. The van der Waals surface area contributed by atoms with Crippen molar-refractivity contribution in [1.29, 1.82) is 0 Å². The van der Waals surface area contributed by atoms with Crippen LogP contribution in [0.2, 0.25) is 10.0 Å². The highest BCUT2D eigenvalue weighted by molar-refractivity contribution is 7.92. The quantitative estimate of drug-likeness (QED) is 0.354. The van der Waals surface area contributed by atoms with Gasteiger partial charge in [0.25, 0.3) is 10.0 Å². The summed E-state index contributed by atoms with van der Waals surface area (Å²) < 4.78 is 33.6. The van der Waals surface area contributed by atoms with E-state index in [9.17, 15) is 18.0 Å². The van der Waals surface area contributed by atoms with Crippen molar-refractivity contribution in [2.45, 2.75) is 31.3 Å². The van der Waals surface area contributed by atoms with Crippen molar-refractivity contribution in [3.8, 4) is 5.75 Å². The Bertz CT molecular complexity index is 1350. The normalized spacial score (nSPS) is 11.9. The molecular formula is C27H29Cl2N3O5S. The zero-order valence-electron chi connectivity index (χ0n) is 21.2. The van der Waals surface area contributed by atoms with Gasteiger partial charge in [-0.25, -0.2) is 8.42 Å². The second kappa shape index (κ2) is 13.0. The molecule has 11 heteroatoms. The van der Waals surface area contributed by atoms with Gasteiger partial charge in [0.15, 0.2) is 0 Å². The number of ether oxygens (including phenoxy) is 1. The van der Waals surface area contributed by atoms with E-state index in [1.165, 1.54) is 24.1 Å². The number of hydrogen-bond donors (Lipinski definition) is 1. The van der Waals surface area contributed by atoms with Crippen molar-refractivity contribution in [2.75, 3.05) is 24.5 Å². The predicted octanol–water partition coefficient (Wildman–Crippen LogP) is 4.75. The van der Waals surface area contributed by atoms with Gasteiger partial charge in [-0.05, 0) is 62.4 Å². The Labute approximate surface area is 233 Å². The van der Waals surface area contributed by atoms with Crippen molar-refractivity contribution in [2.24, 2.45) is 0 Å². The number of hydrogen-bond acceptors (Lipinski definition) is 5. The monoisotopic (exact) mass is 577 g/mol. The topological polar surface area (TPSA) is 96.0 Å². The molecule has 3 aromatic rings. The fraction of sp³-hybridized carbons (Fsp3) is 0.259. The SMILES string of the molecule is CCNC(=O)C(C)N(Cc1c(Cl)cccc1Cl)C(=O)CN(c1ccc(OC)cc1)S(=O)(=O)c1ccccc1. The van der Waals surface area contributed by atoms with Gasteiger partial charge in [-0.3, -0.25) is 13.9 Å². The Hall–Kier alpha value is -3.27. The summed E-state index contributed by atoms with van der Waals surface area (Å²) in [6, 6.07) is 18.1. The minimum atomic E-state index is -4.16. The van der Waals surface area contributed by atoms with Gasteiger partial charge < -0.3 is 15.0 Å². The van der Waals surface area contributed by atoms with Gasteiger partial charge in [0.05, 0.1) is 17.7 Å². The van der Waals surface area contributed by atoms with Crippen LogP contribution in [0.1, 0.15) is 19.4 Å². The van der Waals surface area contributed by atoms with E-state index in [0.717, 1.165) is 4.31 Å². The lowest BCUT2D eigenvalue weighted by molar-refractivity contribution is -0.139. The molecule has 0 spiro atoms. The van der Waals surface area contributed by atoms with Crippen LogP contribution in [0.4, 0.5) is 5.69 Å². The van der Waals surface area contributed by atoms with E-state index >= 15 is 0 Å². The molecule has 0 aliphatic carbocycles. The average molecular weight is 579 g/mol. The molecule has 202 valence electrons. The van der Waals surface area contributed by atoms with Gasteiger partial charge in [0.2, 0.25) is 11.8 Å². The highest BCUT2D eigenvalue weighted by Crippen LogP contribution is 2.29. The van der Waals surface area contributed by atoms with Gasteiger partial charge in [-0.2, -0.15) is 0 Å². The fourth-order valence-corrected chi connectivity index (χ4v) is 5.71. The molecular weight excluding hydrogens is 549 g/mol. The summed E-state index contributed by atoms with van der Waals surface area (Å²) in [6.07, 6.45) is 0. The van der Waals surface area contributed by atoms with Gasteiger partial charge in [0, 0.05) is 28.7 Å². The van der Waals surface area contributed by atoms with E-state index in [2.05, 4.69) is 5.32 Å². The number of nitrogens with zero attached hydrogens (tertiary/aromatic N) is 2. The Morgan fingerprint density at radius 1 is 0.947 bits per heavy atom. The number of amides is 2. The lowest BCUT2D eigenvalue weighted by Gasteiger charge is -2.32. The van der Waals surface area contributed by atoms with E-state index in [4.69, 9.17) is 27.9 Å². The van der Waals surface area contributed by atoms with Crippen LogP contribution in [-0.4, -0.2) is 51.4 Å². The molecule has 2 amide bonds. The lowest BCUT2D eigenvalue weighted by Crippen LogP contribution is -2.51. The third-order valence-electron chi connectivity index (χ3n) is 5.88. The van der Waals surface area contributed by atoms with Crippen molar-refractivity contribution in [1.82, 2.24) is 10.2 Å². The molecule has 1 N–H and O–H groups in total. The Morgan fingerprint density at radius 3 is 2.11 bits per heavy atom. The second-order valence-corrected chi connectivity index (χ2v) is 11.0. The molecule has 0 saturated heterocycles. The number of sulfonamides is 1. The number of anilines is 1. The maximum atomic E-state index is 13.8. The Balaban J connectivity index is 2.05. The highest BCUT2D eigenvalue weighted by Gasteiger charge is 2.33.